The van der Waals surface area contributed by atoms with Crippen LogP contribution in [0, 0.1) is 20.8 Å². The molecule has 104 valence electrons. The average molecular weight is 267 g/mol. The highest BCUT2D eigenvalue weighted by molar-refractivity contribution is 5.49. The third-order valence-corrected chi connectivity index (χ3v) is 3.71. The van der Waals surface area contributed by atoms with Crippen LogP contribution in [0.4, 0.5) is 5.69 Å². The van der Waals surface area contributed by atoms with Crippen LogP contribution in [0.5, 0.6) is 5.75 Å². The molecule has 0 saturated carbocycles. The number of benzene rings is 2. The predicted octanol–water partition coefficient (Wildman–Crippen LogP) is 4.03. The molecule has 3 rings (SSSR count). The van der Waals surface area contributed by atoms with Crippen molar-refractivity contribution >= 4 is 5.69 Å². The smallest absolute Gasteiger partial charge is 0.123 e. The maximum absolute atomic E-state index is 5.98. The fourth-order valence-electron chi connectivity index (χ4n) is 2.87. The summed E-state index contributed by atoms with van der Waals surface area (Å²) in [5.41, 5.74) is 6.39. The monoisotopic (exact) mass is 267 g/mol. The van der Waals surface area contributed by atoms with Gasteiger partial charge in [-0.3, -0.25) is 0 Å². The van der Waals surface area contributed by atoms with E-state index in [9.17, 15) is 0 Å². The fourth-order valence-corrected chi connectivity index (χ4v) is 2.87. The van der Waals surface area contributed by atoms with Crippen LogP contribution in [0.15, 0.2) is 36.4 Å². The summed E-state index contributed by atoms with van der Waals surface area (Å²) in [5, 5.41) is 3.49. The van der Waals surface area contributed by atoms with Gasteiger partial charge in [0.2, 0.25) is 0 Å². The number of fused-ring (bicyclic) bond motifs is 1. The molecule has 0 aliphatic carbocycles. The molecule has 1 heterocycles. The van der Waals surface area contributed by atoms with E-state index >= 15 is 0 Å². The van der Waals surface area contributed by atoms with Gasteiger partial charge in [0, 0.05) is 12.1 Å². The molecule has 1 atom stereocenters. The molecule has 20 heavy (non-hydrogen) atoms. The molecule has 2 heteroatoms. The molecule has 0 fully saturated rings. The number of hydrogen-bond donors (Lipinski definition) is 1. The van der Waals surface area contributed by atoms with Crippen molar-refractivity contribution in [3.63, 3.8) is 0 Å². The van der Waals surface area contributed by atoms with Crippen molar-refractivity contribution in [1.29, 1.82) is 0 Å². The third-order valence-electron chi connectivity index (χ3n) is 3.71. The summed E-state index contributed by atoms with van der Waals surface area (Å²) in [5.74, 6) is 1.04. The van der Waals surface area contributed by atoms with E-state index in [1.807, 2.05) is 0 Å². The molecule has 0 aromatic heterocycles. The maximum atomic E-state index is 5.98. The van der Waals surface area contributed by atoms with Gasteiger partial charge in [0.1, 0.15) is 11.9 Å². The molecule has 1 unspecified atom stereocenters. The summed E-state index contributed by atoms with van der Waals surface area (Å²) in [4.78, 5) is 0. The van der Waals surface area contributed by atoms with Crippen LogP contribution in [0.1, 0.15) is 22.3 Å². The molecule has 0 spiro atoms. The zero-order valence-electron chi connectivity index (χ0n) is 12.4. The molecule has 1 aliphatic heterocycles. The molecule has 1 N–H and O–H groups in total. The molecule has 2 aromatic rings. The Hall–Kier alpha value is -1.96. The maximum Gasteiger partial charge on any atom is 0.123 e. The van der Waals surface area contributed by atoms with Crippen molar-refractivity contribution in [3.8, 4) is 5.75 Å². The van der Waals surface area contributed by atoms with Crippen molar-refractivity contribution in [3.05, 3.63) is 58.7 Å². The van der Waals surface area contributed by atoms with Crippen LogP contribution in [0.2, 0.25) is 0 Å². The second-order valence-electron chi connectivity index (χ2n) is 5.81. The van der Waals surface area contributed by atoms with Crippen molar-refractivity contribution in [1.82, 2.24) is 0 Å². The highest BCUT2D eigenvalue weighted by atomic mass is 16.5. The van der Waals surface area contributed by atoms with E-state index in [1.54, 1.807) is 0 Å². The lowest BCUT2D eigenvalue weighted by molar-refractivity contribution is 0.246. The summed E-state index contributed by atoms with van der Waals surface area (Å²) < 4.78 is 5.98. The lowest BCUT2D eigenvalue weighted by Gasteiger charge is -2.14. The van der Waals surface area contributed by atoms with Crippen LogP contribution in [-0.4, -0.2) is 12.6 Å². The number of rotatable bonds is 3. The highest BCUT2D eigenvalue weighted by Gasteiger charge is 2.22. The van der Waals surface area contributed by atoms with Crippen molar-refractivity contribution < 1.29 is 4.74 Å². The molecule has 2 aromatic carbocycles. The summed E-state index contributed by atoms with van der Waals surface area (Å²) >= 11 is 0. The Labute approximate surface area is 120 Å². The van der Waals surface area contributed by atoms with E-state index in [1.165, 1.54) is 27.9 Å². The van der Waals surface area contributed by atoms with Crippen molar-refractivity contribution in [2.75, 3.05) is 11.9 Å². The average Bonchev–Trinajstić information content (AvgIpc) is 2.77. The van der Waals surface area contributed by atoms with Crippen LogP contribution in [0.3, 0.4) is 0 Å². The van der Waals surface area contributed by atoms with Gasteiger partial charge in [-0.25, -0.2) is 0 Å². The minimum absolute atomic E-state index is 0.229. The predicted molar refractivity (Wildman–Crippen MR) is 83.7 cm³/mol. The standard InChI is InChI=1S/C18H21NO/c1-12-4-5-18-15(7-12)10-17(20-18)11-19-16-8-13(2)6-14(3)9-16/h4-9,17,19H,10-11H2,1-3H3. The Morgan fingerprint density at radius 3 is 2.50 bits per heavy atom. The van der Waals surface area contributed by atoms with Crippen LogP contribution >= 0.6 is 0 Å². The number of nitrogens with one attached hydrogen (secondary N) is 1. The van der Waals surface area contributed by atoms with Gasteiger partial charge < -0.3 is 10.1 Å². The molecule has 0 bridgehead atoms. The van der Waals surface area contributed by atoms with E-state index in [0.29, 0.717) is 0 Å². The van der Waals surface area contributed by atoms with Crippen molar-refractivity contribution in [2.45, 2.75) is 33.3 Å². The number of ether oxygens (including phenoxy) is 1. The van der Waals surface area contributed by atoms with Gasteiger partial charge in [-0.2, -0.15) is 0 Å². The normalized spacial score (nSPS) is 16.6. The molecule has 0 saturated heterocycles. The Morgan fingerprint density at radius 1 is 1.00 bits per heavy atom. The fraction of sp³-hybridized carbons (Fsp3) is 0.333. The van der Waals surface area contributed by atoms with Gasteiger partial charge in [0.25, 0.3) is 0 Å². The SMILES string of the molecule is Cc1cc(C)cc(NCC2Cc3cc(C)ccc3O2)c1. The Morgan fingerprint density at radius 2 is 1.75 bits per heavy atom. The summed E-state index contributed by atoms with van der Waals surface area (Å²) in [7, 11) is 0. The van der Waals surface area contributed by atoms with E-state index in [2.05, 4.69) is 62.5 Å². The van der Waals surface area contributed by atoms with Crippen LogP contribution in [-0.2, 0) is 6.42 Å². The largest absolute Gasteiger partial charge is 0.488 e. The second-order valence-corrected chi connectivity index (χ2v) is 5.81. The lowest BCUT2D eigenvalue weighted by atomic mass is 10.1. The third kappa shape index (κ3) is 2.79. The molecule has 0 radical (unpaired) electrons. The first-order valence-corrected chi connectivity index (χ1v) is 7.18. The first-order valence-electron chi connectivity index (χ1n) is 7.18. The molecular weight excluding hydrogens is 246 g/mol. The number of anilines is 1. The molecule has 0 amide bonds. The van der Waals surface area contributed by atoms with E-state index in [-0.39, 0.29) is 6.10 Å². The Bertz CT molecular complexity index is 613. The zero-order valence-corrected chi connectivity index (χ0v) is 12.4. The minimum atomic E-state index is 0.229. The van der Waals surface area contributed by atoms with Gasteiger partial charge in [-0.05, 0) is 55.7 Å². The number of hydrogen-bond acceptors (Lipinski definition) is 2. The molecule has 2 nitrogen and oxygen atoms in total. The summed E-state index contributed by atoms with van der Waals surface area (Å²) in [6, 6.07) is 13.0. The second kappa shape index (κ2) is 5.20. The number of aryl methyl sites for hydroxylation is 3. The van der Waals surface area contributed by atoms with Gasteiger partial charge in [0.15, 0.2) is 0 Å². The van der Waals surface area contributed by atoms with E-state index < -0.39 is 0 Å². The van der Waals surface area contributed by atoms with Gasteiger partial charge in [0.05, 0.1) is 6.54 Å². The van der Waals surface area contributed by atoms with E-state index in [4.69, 9.17) is 4.74 Å². The van der Waals surface area contributed by atoms with Gasteiger partial charge in [-0.15, -0.1) is 0 Å². The summed E-state index contributed by atoms with van der Waals surface area (Å²) in [6.07, 6.45) is 1.22. The van der Waals surface area contributed by atoms with E-state index in [0.717, 1.165) is 18.7 Å². The lowest BCUT2D eigenvalue weighted by Crippen LogP contribution is -2.24. The van der Waals surface area contributed by atoms with Crippen molar-refractivity contribution in [2.24, 2.45) is 0 Å². The Balaban J connectivity index is 1.63. The quantitative estimate of drug-likeness (QED) is 0.906. The minimum Gasteiger partial charge on any atom is -0.488 e. The van der Waals surface area contributed by atoms with Gasteiger partial charge in [-0.1, -0.05) is 23.8 Å². The summed E-state index contributed by atoms with van der Waals surface area (Å²) in [6.45, 7) is 7.23. The first-order chi connectivity index (χ1) is 9.60. The topological polar surface area (TPSA) is 21.3 Å². The molecule has 1 aliphatic rings. The Kier molecular flexibility index (Phi) is 3.39. The van der Waals surface area contributed by atoms with Crippen LogP contribution < -0.4 is 10.1 Å². The first kappa shape index (κ1) is 13.0. The molecular formula is C18H21NO. The highest BCUT2D eigenvalue weighted by Crippen LogP contribution is 2.29. The van der Waals surface area contributed by atoms with Crippen LogP contribution in [0.25, 0.3) is 0 Å². The van der Waals surface area contributed by atoms with Gasteiger partial charge >= 0.3 is 0 Å². The zero-order chi connectivity index (χ0) is 14.1.